The Morgan fingerprint density at radius 1 is 1.15 bits per heavy atom. The molecule has 0 bridgehead atoms. The molecule has 0 spiro atoms. The summed E-state index contributed by atoms with van der Waals surface area (Å²) in [6.45, 7) is 4.42. The molecular formula is C19H17N5O2. The minimum absolute atomic E-state index is 0.0147. The highest BCUT2D eigenvalue weighted by Crippen LogP contribution is 2.13. The average Bonchev–Trinajstić information content (AvgIpc) is 3.09. The normalized spacial score (nSPS) is 11.2. The summed E-state index contributed by atoms with van der Waals surface area (Å²) in [5.41, 5.74) is 4.42. The Balaban J connectivity index is 1.68. The molecule has 26 heavy (non-hydrogen) atoms. The van der Waals surface area contributed by atoms with Crippen molar-refractivity contribution in [3.8, 4) is 0 Å². The maximum absolute atomic E-state index is 12.6. The highest BCUT2D eigenvalue weighted by Gasteiger charge is 2.19. The molecule has 130 valence electrons. The number of aromatic amines is 1. The number of para-hydroxylation sites is 2. The third kappa shape index (κ3) is 2.63. The maximum Gasteiger partial charge on any atom is 0.277 e. The Bertz CT molecular complexity index is 1210. The number of hydrogen-bond donors (Lipinski definition) is 2. The topological polar surface area (TPSA) is 92.2 Å². The largest absolute Gasteiger partial charge is 0.346 e. The van der Waals surface area contributed by atoms with E-state index in [-0.39, 0.29) is 11.2 Å². The molecule has 2 heterocycles. The van der Waals surface area contributed by atoms with Crippen LogP contribution in [0, 0.1) is 13.8 Å². The zero-order valence-electron chi connectivity index (χ0n) is 14.4. The van der Waals surface area contributed by atoms with Crippen LogP contribution in [0.25, 0.3) is 16.6 Å². The molecule has 0 aliphatic rings. The van der Waals surface area contributed by atoms with Gasteiger partial charge in [0, 0.05) is 6.54 Å². The summed E-state index contributed by atoms with van der Waals surface area (Å²) >= 11 is 0. The van der Waals surface area contributed by atoms with Gasteiger partial charge in [-0.25, -0.2) is 4.52 Å². The molecule has 0 radical (unpaired) electrons. The molecule has 0 aliphatic heterocycles. The monoisotopic (exact) mass is 347 g/mol. The van der Waals surface area contributed by atoms with Crippen LogP contribution in [-0.2, 0) is 6.54 Å². The Hall–Kier alpha value is -3.48. The highest BCUT2D eigenvalue weighted by atomic mass is 16.2. The van der Waals surface area contributed by atoms with Crippen LogP contribution in [0.2, 0.25) is 0 Å². The van der Waals surface area contributed by atoms with Crippen molar-refractivity contribution in [2.24, 2.45) is 0 Å². The van der Waals surface area contributed by atoms with Gasteiger partial charge in [0.25, 0.3) is 11.5 Å². The van der Waals surface area contributed by atoms with Gasteiger partial charge in [0.1, 0.15) is 0 Å². The number of nitrogens with one attached hydrogen (secondary N) is 2. The van der Waals surface area contributed by atoms with Crippen LogP contribution in [0.5, 0.6) is 0 Å². The average molecular weight is 347 g/mol. The first-order valence-corrected chi connectivity index (χ1v) is 8.25. The van der Waals surface area contributed by atoms with Crippen molar-refractivity contribution in [1.29, 1.82) is 0 Å². The predicted octanol–water partition coefficient (Wildman–Crippen LogP) is 2.12. The first-order valence-electron chi connectivity index (χ1n) is 8.25. The minimum atomic E-state index is -0.431. The second kappa shape index (κ2) is 6.11. The number of hydrogen-bond acceptors (Lipinski definition) is 4. The standard InChI is InChI=1S/C19H17N5O2/c1-11-7-8-13(9-12(11)2)10-20-18(25)16-17-19(26)21-14-5-3-4-6-15(14)24(17)23-22-16/h3-9H,10H2,1-2H3,(H,20,25)(H,21,26). The van der Waals surface area contributed by atoms with Crippen LogP contribution >= 0.6 is 0 Å². The fourth-order valence-corrected chi connectivity index (χ4v) is 2.93. The molecular weight excluding hydrogens is 330 g/mol. The van der Waals surface area contributed by atoms with E-state index >= 15 is 0 Å². The van der Waals surface area contributed by atoms with E-state index in [0.717, 1.165) is 11.1 Å². The van der Waals surface area contributed by atoms with Crippen LogP contribution < -0.4 is 10.9 Å². The molecule has 1 amide bonds. The van der Waals surface area contributed by atoms with Crippen LogP contribution in [0.15, 0.2) is 47.3 Å². The number of aryl methyl sites for hydroxylation is 2. The first-order chi connectivity index (χ1) is 12.5. The van der Waals surface area contributed by atoms with Gasteiger partial charge in [-0.15, -0.1) is 5.10 Å². The molecule has 0 saturated carbocycles. The van der Waals surface area contributed by atoms with Gasteiger partial charge in [-0.2, -0.15) is 0 Å². The van der Waals surface area contributed by atoms with Gasteiger partial charge in [0.15, 0.2) is 11.2 Å². The zero-order valence-corrected chi connectivity index (χ0v) is 14.4. The van der Waals surface area contributed by atoms with Crippen LogP contribution in [0.3, 0.4) is 0 Å². The number of amides is 1. The van der Waals surface area contributed by atoms with Gasteiger partial charge in [-0.05, 0) is 42.7 Å². The predicted molar refractivity (Wildman–Crippen MR) is 98.2 cm³/mol. The Morgan fingerprint density at radius 3 is 2.77 bits per heavy atom. The van der Waals surface area contributed by atoms with E-state index in [1.807, 2.05) is 50.2 Å². The number of H-pyrrole nitrogens is 1. The molecule has 2 N–H and O–H groups in total. The third-order valence-electron chi connectivity index (χ3n) is 4.51. The van der Waals surface area contributed by atoms with Gasteiger partial charge < -0.3 is 10.3 Å². The SMILES string of the molecule is Cc1ccc(CNC(=O)c2nnn3c2c(=O)[nH]c2ccccc23)cc1C. The number of nitrogens with zero attached hydrogens (tertiary/aromatic N) is 3. The van der Waals surface area contributed by atoms with E-state index in [1.165, 1.54) is 10.1 Å². The fraction of sp³-hybridized carbons (Fsp3) is 0.158. The molecule has 0 fully saturated rings. The van der Waals surface area contributed by atoms with Crippen molar-refractivity contribution in [2.75, 3.05) is 0 Å². The molecule has 0 saturated heterocycles. The molecule has 7 nitrogen and oxygen atoms in total. The van der Waals surface area contributed by atoms with Crippen molar-refractivity contribution < 1.29 is 4.79 Å². The zero-order chi connectivity index (χ0) is 18.3. The lowest BCUT2D eigenvalue weighted by Crippen LogP contribution is -2.25. The molecule has 2 aromatic carbocycles. The minimum Gasteiger partial charge on any atom is -0.346 e. The van der Waals surface area contributed by atoms with Gasteiger partial charge in [-0.1, -0.05) is 35.5 Å². The molecule has 7 heteroatoms. The van der Waals surface area contributed by atoms with Crippen molar-refractivity contribution in [1.82, 2.24) is 25.1 Å². The summed E-state index contributed by atoms with van der Waals surface area (Å²) in [7, 11) is 0. The maximum atomic E-state index is 12.6. The van der Waals surface area contributed by atoms with E-state index in [0.29, 0.717) is 17.6 Å². The quantitative estimate of drug-likeness (QED) is 0.594. The van der Waals surface area contributed by atoms with Crippen molar-refractivity contribution in [3.05, 3.63) is 75.2 Å². The lowest BCUT2D eigenvalue weighted by atomic mass is 10.1. The number of aromatic nitrogens is 4. The summed E-state index contributed by atoms with van der Waals surface area (Å²) in [5.74, 6) is -0.431. The van der Waals surface area contributed by atoms with Gasteiger partial charge >= 0.3 is 0 Å². The van der Waals surface area contributed by atoms with E-state index < -0.39 is 11.5 Å². The first kappa shape index (κ1) is 16.0. The second-order valence-electron chi connectivity index (χ2n) is 6.27. The molecule has 4 rings (SSSR count). The summed E-state index contributed by atoms with van der Waals surface area (Å²) in [4.78, 5) is 27.7. The van der Waals surface area contributed by atoms with Crippen molar-refractivity contribution in [2.45, 2.75) is 20.4 Å². The lowest BCUT2D eigenvalue weighted by Gasteiger charge is -2.06. The second-order valence-corrected chi connectivity index (χ2v) is 6.27. The molecule has 4 aromatic rings. The molecule has 0 aliphatic carbocycles. The molecule has 0 unspecified atom stereocenters. The van der Waals surface area contributed by atoms with Crippen LogP contribution in [0.4, 0.5) is 0 Å². The summed E-state index contributed by atoms with van der Waals surface area (Å²) in [6, 6.07) is 13.2. The van der Waals surface area contributed by atoms with Crippen molar-refractivity contribution in [3.63, 3.8) is 0 Å². The number of benzene rings is 2. The smallest absolute Gasteiger partial charge is 0.277 e. The Labute approximate surface area is 148 Å². The molecule has 2 aromatic heterocycles. The Morgan fingerprint density at radius 2 is 1.96 bits per heavy atom. The fourth-order valence-electron chi connectivity index (χ4n) is 2.93. The van der Waals surface area contributed by atoms with Crippen LogP contribution in [-0.4, -0.2) is 25.7 Å². The van der Waals surface area contributed by atoms with E-state index in [4.69, 9.17) is 0 Å². The summed E-state index contributed by atoms with van der Waals surface area (Å²) in [5, 5.41) is 10.7. The highest BCUT2D eigenvalue weighted by molar-refractivity contribution is 5.99. The van der Waals surface area contributed by atoms with Crippen LogP contribution in [0.1, 0.15) is 27.2 Å². The van der Waals surface area contributed by atoms with Gasteiger partial charge in [0.05, 0.1) is 11.0 Å². The number of fused-ring (bicyclic) bond motifs is 3. The van der Waals surface area contributed by atoms with E-state index in [9.17, 15) is 9.59 Å². The van der Waals surface area contributed by atoms with Gasteiger partial charge in [-0.3, -0.25) is 9.59 Å². The van der Waals surface area contributed by atoms with E-state index in [1.54, 1.807) is 6.07 Å². The van der Waals surface area contributed by atoms with Gasteiger partial charge in [0.2, 0.25) is 0 Å². The lowest BCUT2D eigenvalue weighted by molar-refractivity contribution is 0.0947. The third-order valence-corrected chi connectivity index (χ3v) is 4.51. The van der Waals surface area contributed by atoms with E-state index in [2.05, 4.69) is 20.6 Å². The summed E-state index contributed by atoms with van der Waals surface area (Å²) in [6.07, 6.45) is 0. The number of rotatable bonds is 3. The van der Waals surface area contributed by atoms with Crippen molar-refractivity contribution >= 4 is 22.5 Å². The number of carbonyl (C=O) groups is 1. The Kier molecular flexibility index (Phi) is 3.76. The molecule has 0 atom stereocenters. The summed E-state index contributed by atoms with van der Waals surface area (Å²) < 4.78 is 1.40. The number of carbonyl (C=O) groups excluding carboxylic acids is 1.